The van der Waals surface area contributed by atoms with E-state index in [4.69, 9.17) is 5.73 Å². The van der Waals surface area contributed by atoms with Gasteiger partial charge in [-0.25, -0.2) is 4.98 Å². The number of carbonyl (C=O) groups excluding carboxylic acids is 1. The second kappa shape index (κ2) is 4.76. The first kappa shape index (κ1) is 10.7. The number of aryl methyl sites for hydroxylation is 1. The van der Waals surface area contributed by atoms with E-state index in [1.165, 1.54) is 0 Å². The van der Waals surface area contributed by atoms with Crippen molar-refractivity contribution >= 4 is 5.91 Å². The Morgan fingerprint density at radius 1 is 1.71 bits per heavy atom. The fourth-order valence-corrected chi connectivity index (χ4v) is 1.15. The van der Waals surface area contributed by atoms with Crippen molar-refractivity contribution in [2.45, 2.75) is 6.42 Å². The SMILES string of the molecule is CN(CCCN)C(=O)c1cn(C)cn1. The minimum Gasteiger partial charge on any atom is -0.340 e. The zero-order valence-corrected chi connectivity index (χ0v) is 8.60. The highest BCUT2D eigenvalue weighted by molar-refractivity contribution is 5.91. The standard InChI is InChI=1S/C9H16N4O/c1-12-6-8(11-7-12)9(14)13(2)5-3-4-10/h6-7H,3-5,10H2,1-2H3. The van der Waals surface area contributed by atoms with E-state index in [1.807, 2.05) is 7.05 Å². The summed E-state index contributed by atoms with van der Waals surface area (Å²) >= 11 is 0. The monoisotopic (exact) mass is 196 g/mol. The van der Waals surface area contributed by atoms with Gasteiger partial charge in [0.25, 0.3) is 5.91 Å². The van der Waals surface area contributed by atoms with Crippen LogP contribution in [0.4, 0.5) is 0 Å². The molecule has 1 heterocycles. The fourth-order valence-electron chi connectivity index (χ4n) is 1.15. The van der Waals surface area contributed by atoms with Crippen molar-refractivity contribution in [1.82, 2.24) is 14.5 Å². The van der Waals surface area contributed by atoms with Gasteiger partial charge in [0.05, 0.1) is 6.33 Å². The van der Waals surface area contributed by atoms with Crippen LogP contribution in [0.15, 0.2) is 12.5 Å². The molecule has 0 radical (unpaired) electrons. The van der Waals surface area contributed by atoms with Crippen LogP contribution >= 0.6 is 0 Å². The molecule has 5 nitrogen and oxygen atoms in total. The summed E-state index contributed by atoms with van der Waals surface area (Å²) in [6.45, 7) is 1.27. The van der Waals surface area contributed by atoms with Gasteiger partial charge in [-0.2, -0.15) is 0 Å². The van der Waals surface area contributed by atoms with Crippen LogP contribution in [0.3, 0.4) is 0 Å². The number of imidazole rings is 1. The third-order valence-corrected chi connectivity index (χ3v) is 1.97. The average Bonchev–Trinajstić information content (AvgIpc) is 2.60. The highest BCUT2D eigenvalue weighted by Gasteiger charge is 2.12. The normalized spacial score (nSPS) is 10.2. The summed E-state index contributed by atoms with van der Waals surface area (Å²) in [5.74, 6) is -0.0564. The third kappa shape index (κ3) is 2.56. The first-order valence-electron chi connectivity index (χ1n) is 4.58. The van der Waals surface area contributed by atoms with E-state index in [-0.39, 0.29) is 5.91 Å². The van der Waals surface area contributed by atoms with Gasteiger partial charge >= 0.3 is 0 Å². The number of nitrogens with zero attached hydrogens (tertiary/aromatic N) is 3. The van der Waals surface area contributed by atoms with Crippen molar-refractivity contribution in [3.63, 3.8) is 0 Å². The fraction of sp³-hybridized carbons (Fsp3) is 0.556. The maximum Gasteiger partial charge on any atom is 0.273 e. The summed E-state index contributed by atoms with van der Waals surface area (Å²) in [7, 11) is 3.59. The predicted octanol–water partition coefficient (Wildman–Crippen LogP) is -0.159. The number of hydrogen-bond acceptors (Lipinski definition) is 3. The van der Waals surface area contributed by atoms with E-state index < -0.39 is 0 Å². The van der Waals surface area contributed by atoms with Crippen molar-refractivity contribution < 1.29 is 4.79 Å². The Labute approximate surface area is 83.5 Å². The predicted molar refractivity (Wildman–Crippen MR) is 53.8 cm³/mol. The Morgan fingerprint density at radius 3 is 2.93 bits per heavy atom. The molecule has 78 valence electrons. The molecule has 0 fully saturated rings. The van der Waals surface area contributed by atoms with E-state index in [0.29, 0.717) is 18.8 Å². The molecule has 1 aromatic rings. The highest BCUT2D eigenvalue weighted by atomic mass is 16.2. The summed E-state index contributed by atoms with van der Waals surface area (Å²) < 4.78 is 1.75. The van der Waals surface area contributed by atoms with Crippen LogP contribution < -0.4 is 5.73 Å². The molecule has 0 unspecified atom stereocenters. The number of rotatable bonds is 4. The molecule has 1 aromatic heterocycles. The topological polar surface area (TPSA) is 64.2 Å². The van der Waals surface area contributed by atoms with E-state index in [9.17, 15) is 4.79 Å². The molecular weight excluding hydrogens is 180 g/mol. The Bertz CT molecular complexity index is 308. The maximum absolute atomic E-state index is 11.7. The molecule has 1 rings (SSSR count). The Morgan fingerprint density at radius 2 is 2.43 bits per heavy atom. The molecule has 5 heteroatoms. The van der Waals surface area contributed by atoms with Crippen LogP contribution in [0, 0.1) is 0 Å². The third-order valence-electron chi connectivity index (χ3n) is 1.97. The zero-order chi connectivity index (χ0) is 10.6. The van der Waals surface area contributed by atoms with Gasteiger partial charge in [-0.3, -0.25) is 4.79 Å². The van der Waals surface area contributed by atoms with Gasteiger partial charge < -0.3 is 15.2 Å². The van der Waals surface area contributed by atoms with Crippen molar-refractivity contribution in [1.29, 1.82) is 0 Å². The lowest BCUT2D eigenvalue weighted by atomic mass is 10.3. The quantitative estimate of drug-likeness (QED) is 0.727. The largest absolute Gasteiger partial charge is 0.340 e. The number of aromatic nitrogens is 2. The van der Waals surface area contributed by atoms with Gasteiger partial charge in [0.15, 0.2) is 0 Å². The molecular formula is C9H16N4O. The van der Waals surface area contributed by atoms with Crippen molar-refractivity contribution in [3.05, 3.63) is 18.2 Å². The lowest BCUT2D eigenvalue weighted by Gasteiger charge is -2.14. The summed E-state index contributed by atoms with van der Waals surface area (Å²) in [6, 6.07) is 0. The molecule has 14 heavy (non-hydrogen) atoms. The van der Waals surface area contributed by atoms with Crippen molar-refractivity contribution in [2.75, 3.05) is 20.1 Å². The maximum atomic E-state index is 11.7. The Balaban J connectivity index is 2.56. The van der Waals surface area contributed by atoms with Crippen molar-refractivity contribution in [2.24, 2.45) is 12.8 Å². The Kier molecular flexibility index (Phi) is 3.64. The molecule has 2 N–H and O–H groups in total. The van der Waals surface area contributed by atoms with Crippen LogP contribution in [0.5, 0.6) is 0 Å². The summed E-state index contributed by atoms with van der Waals surface area (Å²) in [6.07, 6.45) is 4.14. The van der Waals surface area contributed by atoms with Crippen LogP contribution in [-0.2, 0) is 7.05 Å². The minimum atomic E-state index is -0.0564. The number of nitrogens with two attached hydrogens (primary N) is 1. The van der Waals surface area contributed by atoms with Gasteiger partial charge in [0.1, 0.15) is 5.69 Å². The van der Waals surface area contributed by atoms with E-state index in [1.54, 1.807) is 29.0 Å². The van der Waals surface area contributed by atoms with Gasteiger partial charge in [0.2, 0.25) is 0 Å². The summed E-state index contributed by atoms with van der Waals surface area (Å²) in [4.78, 5) is 17.3. The number of amides is 1. The molecule has 0 bridgehead atoms. The molecule has 0 aliphatic heterocycles. The molecule has 0 saturated carbocycles. The molecule has 0 saturated heterocycles. The van der Waals surface area contributed by atoms with E-state index >= 15 is 0 Å². The molecule has 0 atom stereocenters. The first-order valence-corrected chi connectivity index (χ1v) is 4.58. The van der Waals surface area contributed by atoms with Crippen molar-refractivity contribution in [3.8, 4) is 0 Å². The smallest absolute Gasteiger partial charge is 0.273 e. The molecule has 0 spiro atoms. The molecule has 1 amide bonds. The van der Waals surface area contributed by atoms with E-state index in [2.05, 4.69) is 4.98 Å². The summed E-state index contributed by atoms with van der Waals surface area (Å²) in [5.41, 5.74) is 5.84. The van der Waals surface area contributed by atoms with Gasteiger partial charge in [0, 0.05) is 26.8 Å². The zero-order valence-electron chi connectivity index (χ0n) is 8.60. The lowest BCUT2D eigenvalue weighted by molar-refractivity contribution is 0.0789. The number of carbonyl (C=O) groups is 1. The molecule has 0 aliphatic rings. The van der Waals surface area contributed by atoms with Crippen LogP contribution in [-0.4, -0.2) is 40.5 Å². The first-order chi connectivity index (χ1) is 6.65. The second-order valence-electron chi connectivity index (χ2n) is 3.29. The molecule has 0 aromatic carbocycles. The average molecular weight is 196 g/mol. The summed E-state index contributed by atoms with van der Waals surface area (Å²) in [5, 5.41) is 0. The van der Waals surface area contributed by atoms with E-state index in [0.717, 1.165) is 6.42 Å². The minimum absolute atomic E-state index is 0.0564. The van der Waals surface area contributed by atoms with Crippen LogP contribution in [0.25, 0.3) is 0 Å². The van der Waals surface area contributed by atoms with Crippen LogP contribution in [0.2, 0.25) is 0 Å². The number of hydrogen-bond donors (Lipinski definition) is 1. The van der Waals surface area contributed by atoms with Crippen LogP contribution in [0.1, 0.15) is 16.9 Å². The lowest BCUT2D eigenvalue weighted by Crippen LogP contribution is -2.29. The Hall–Kier alpha value is -1.36. The second-order valence-corrected chi connectivity index (χ2v) is 3.29. The van der Waals surface area contributed by atoms with Gasteiger partial charge in [-0.1, -0.05) is 0 Å². The molecule has 0 aliphatic carbocycles. The highest BCUT2D eigenvalue weighted by Crippen LogP contribution is 1.99. The van der Waals surface area contributed by atoms with Gasteiger partial charge in [-0.05, 0) is 13.0 Å². The van der Waals surface area contributed by atoms with Gasteiger partial charge in [-0.15, -0.1) is 0 Å².